The number of hydrogen-bond donors (Lipinski definition) is 1. The van der Waals surface area contributed by atoms with E-state index in [1.54, 1.807) is 0 Å². The topological polar surface area (TPSA) is 52.3 Å². The minimum absolute atomic E-state index is 0.173. The summed E-state index contributed by atoms with van der Waals surface area (Å²) in [6.45, 7) is 2.30. The van der Waals surface area contributed by atoms with Gasteiger partial charge in [-0.3, -0.25) is 4.79 Å². The van der Waals surface area contributed by atoms with Gasteiger partial charge in [0.15, 0.2) is 0 Å². The summed E-state index contributed by atoms with van der Waals surface area (Å²) in [6.07, 6.45) is 13.0. The third-order valence-corrected chi connectivity index (χ3v) is 5.36. The van der Waals surface area contributed by atoms with Gasteiger partial charge in [-0.1, -0.05) is 64.2 Å². The van der Waals surface area contributed by atoms with Gasteiger partial charge in [-0.05, 0) is 24.7 Å². The maximum atomic E-state index is 12.1. The van der Waals surface area contributed by atoms with E-state index in [-0.39, 0.29) is 5.97 Å². The van der Waals surface area contributed by atoms with Crippen molar-refractivity contribution in [1.82, 2.24) is 0 Å². The van der Waals surface area contributed by atoms with Gasteiger partial charge < -0.3 is 10.5 Å². The van der Waals surface area contributed by atoms with Crippen LogP contribution in [0.4, 0.5) is 0 Å². The number of hydrogen-bond acceptors (Lipinski definition) is 3. The smallest absolute Gasteiger partial charge is 0.323 e. The molecule has 2 N–H and O–H groups in total. The van der Waals surface area contributed by atoms with Gasteiger partial charge >= 0.3 is 5.97 Å². The van der Waals surface area contributed by atoms with E-state index in [4.69, 9.17) is 10.5 Å². The SMILES string of the molecule is CCOC(=O)C(N)C(C1CCCCC1)C1CCCCC1. The number of carbonyl (C=O) groups excluding carboxylic acids is 1. The Balaban J connectivity index is 2.06. The minimum atomic E-state index is -0.402. The Morgan fingerprint density at radius 3 is 1.85 bits per heavy atom. The van der Waals surface area contributed by atoms with Crippen LogP contribution < -0.4 is 5.73 Å². The predicted octanol–water partition coefficient (Wildman–Crippen LogP) is 3.65. The molecule has 2 fully saturated rings. The largest absolute Gasteiger partial charge is 0.465 e. The Bertz CT molecular complexity index is 275. The summed E-state index contributed by atoms with van der Waals surface area (Å²) in [7, 11) is 0. The Morgan fingerprint density at radius 1 is 1.00 bits per heavy atom. The van der Waals surface area contributed by atoms with Crippen molar-refractivity contribution < 1.29 is 9.53 Å². The summed E-state index contributed by atoms with van der Waals surface area (Å²) in [5.74, 6) is 1.47. The van der Waals surface area contributed by atoms with Gasteiger partial charge in [0.25, 0.3) is 0 Å². The predicted molar refractivity (Wildman–Crippen MR) is 81.2 cm³/mol. The van der Waals surface area contributed by atoms with Crippen molar-refractivity contribution in [1.29, 1.82) is 0 Å². The van der Waals surface area contributed by atoms with Crippen LogP contribution in [0.15, 0.2) is 0 Å². The van der Waals surface area contributed by atoms with Crippen LogP contribution in [-0.2, 0) is 9.53 Å². The molecule has 3 nitrogen and oxygen atoms in total. The molecule has 0 aliphatic heterocycles. The normalized spacial score (nSPS) is 23.8. The molecule has 1 unspecified atom stereocenters. The Labute approximate surface area is 123 Å². The second kappa shape index (κ2) is 8.02. The van der Waals surface area contributed by atoms with Crippen molar-refractivity contribution in [3.05, 3.63) is 0 Å². The van der Waals surface area contributed by atoms with E-state index in [0.29, 0.717) is 24.4 Å². The number of esters is 1. The fraction of sp³-hybridized carbons (Fsp3) is 0.941. The molecule has 0 saturated heterocycles. The van der Waals surface area contributed by atoms with Gasteiger partial charge in [0.05, 0.1) is 6.61 Å². The van der Waals surface area contributed by atoms with Crippen molar-refractivity contribution in [3.8, 4) is 0 Å². The van der Waals surface area contributed by atoms with Crippen LogP contribution in [0, 0.1) is 17.8 Å². The van der Waals surface area contributed by atoms with Crippen molar-refractivity contribution in [2.75, 3.05) is 6.61 Å². The molecule has 2 aliphatic carbocycles. The molecule has 0 spiro atoms. The van der Waals surface area contributed by atoms with Gasteiger partial charge in [-0.15, -0.1) is 0 Å². The van der Waals surface area contributed by atoms with Crippen LogP contribution in [0.2, 0.25) is 0 Å². The van der Waals surface area contributed by atoms with Gasteiger partial charge in [0.1, 0.15) is 6.04 Å². The van der Waals surface area contributed by atoms with E-state index in [2.05, 4.69) is 0 Å². The van der Waals surface area contributed by atoms with Crippen molar-refractivity contribution in [3.63, 3.8) is 0 Å². The molecule has 0 aromatic rings. The molecule has 116 valence electrons. The van der Waals surface area contributed by atoms with Gasteiger partial charge in [0, 0.05) is 0 Å². The highest BCUT2D eigenvalue weighted by atomic mass is 16.5. The van der Waals surface area contributed by atoms with Gasteiger partial charge in [-0.25, -0.2) is 0 Å². The number of nitrogens with two attached hydrogens (primary N) is 1. The molecule has 0 heterocycles. The third kappa shape index (κ3) is 3.97. The highest BCUT2D eigenvalue weighted by Crippen LogP contribution is 2.41. The number of rotatable bonds is 5. The van der Waals surface area contributed by atoms with Crippen molar-refractivity contribution in [2.45, 2.75) is 77.2 Å². The first kappa shape index (κ1) is 15.8. The second-order valence-corrected chi connectivity index (χ2v) is 6.65. The van der Waals surface area contributed by atoms with E-state index >= 15 is 0 Å². The zero-order valence-electron chi connectivity index (χ0n) is 13.0. The average molecular weight is 281 g/mol. The van der Waals surface area contributed by atoms with Crippen molar-refractivity contribution in [2.24, 2.45) is 23.5 Å². The van der Waals surface area contributed by atoms with E-state index in [1.165, 1.54) is 64.2 Å². The fourth-order valence-corrected chi connectivity index (χ4v) is 4.41. The quantitative estimate of drug-likeness (QED) is 0.783. The molecule has 0 aromatic carbocycles. The van der Waals surface area contributed by atoms with Gasteiger partial charge in [0.2, 0.25) is 0 Å². The lowest BCUT2D eigenvalue weighted by Gasteiger charge is -2.40. The molecule has 2 aliphatic rings. The molecule has 20 heavy (non-hydrogen) atoms. The van der Waals surface area contributed by atoms with E-state index in [9.17, 15) is 4.79 Å². The summed E-state index contributed by atoms with van der Waals surface area (Å²) < 4.78 is 5.20. The molecule has 0 amide bonds. The van der Waals surface area contributed by atoms with Crippen LogP contribution in [0.25, 0.3) is 0 Å². The molecule has 1 atom stereocenters. The number of carbonyl (C=O) groups is 1. The Kier molecular flexibility index (Phi) is 6.34. The molecule has 3 heteroatoms. The highest BCUT2D eigenvalue weighted by molar-refractivity contribution is 5.76. The second-order valence-electron chi connectivity index (χ2n) is 6.65. The van der Waals surface area contributed by atoms with Crippen LogP contribution in [0.3, 0.4) is 0 Å². The first-order valence-corrected chi connectivity index (χ1v) is 8.66. The third-order valence-electron chi connectivity index (χ3n) is 5.36. The minimum Gasteiger partial charge on any atom is -0.465 e. The average Bonchev–Trinajstić information content (AvgIpc) is 2.50. The first-order valence-electron chi connectivity index (χ1n) is 8.66. The summed E-state index contributed by atoms with van der Waals surface area (Å²) in [4.78, 5) is 12.1. The summed E-state index contributed by atoms with van der Waals surface area (Å²) in [5.41, 5.74) is 6.33. The fourth-order valence-electron chi connectivity index (χ4n) is 4.41. The van der Waals surface area contributed by atoms with Crippen LogP contribution in [0.5, 0.6) is 0 Å². The van der Waals surface area contributed by atoms with Crippen molar-refractivity contribution >= 4 is 5.97 Å². The molecular formula is C17H31NO2. The van der Waals surface area contributed by atoms with E-state index in [0.717, 1.165) is 0 Å². The highest BCUT2D eigenvalue weighted by Gasteiger charge is 2.38. The molecule has 0 aromatic heterocycles. The zero-order valence-corrected chi connectivity index (χ0v) is 13.0. The molecule has 0 radical (unpaired) electrons. The maximum absolute atomic E-state index is 12.1. The lowest BCUT2D eigenvalue weighted by Crippen LogP contribution is -2.47. The Morgan fingerprint density at radius 2 is 1.45 bits per heavy atom. The standard InChI is InChI=1S/C17H31NO2/c1-2-20-17(19)16(18)15(13-9-5-3-6-10-13)14-11-7-4-8-12-14/h13-16H,2-12,18H2,1H3. The van der Waals surface area contributed by atoms with E-state index in [1.807, 2.05) is 6.92 Å². The first-order chi connectivity index (χ1) is 9.74. The maximum Gasteiger partial charge on any atom is 0.323 e. The summed E-state index contributed by atoms with van der Waals surface area (Å²) in [6, 6.07) is -0.402. The van der Waals surface area contributed by atoms with Crippen LogP contribution >= 0.6 is 0 Å². The Hall–Kier alpha value is -0.570. The molecule has 0 bridgehead atoms. The van der Waals surface area contributed by atoms with E-state index < -0.39 is 6.04 Å². The molecular weight excluding hydrogens is 250 g/mol. The van der Waals surface area contributed by atoms with Gasteiger partial charge in [-0.2, -0.15) is 0 Å². The molecule has 2 rings (SSSR count). The monoisotopic (exact) mass is 281 g/mol. The lowest BCUT2D eigenvalue weighted by atomic mass is 9.67. The lowest BCUT2D eigenvalue weighted by molar-refractivity contribution is -0.147. The van der Waals surface area contributed by atoms with Crippen LogP contribution in [-0.4, -0.2) is 18.6 Å². The molecule has 2 saturated carbocycles. The summed E-state index contributed by atoms with van der Waals surface area (Å²) in [5, 5.41) is 0. The zero-order chi connectivity index (χ0) is 14.4. The number of ether oxygens (including phenoxy) is 1. The van der Waals surface area contributed by atoms with Crippen LogP contribution in [0.1, 0.15) is 71.1 Å². The summed E-state index contributed by atoms with van der Waals surface area (Å²) >= 11 is 0.